The van der Waals surface area contributed by atoms with E-state index in [-0.39, 0.29) is 22.7 Å². The van der Waals surface area contributed by atoms with Crippen LogP contribution in [0.2, 0.25) is 0 Å². The summed E-state index contributed by atoms with van der Waals surface area (Å²) in [5.74, 6) is -1.41. The topological polar surface area (TPSA) is 74.6 Å². The number of hydrogen-bond donors (Lipinski definition) is 2. The van der Waals surface area contributed by atoms with Gasteiger partial charge in [0.25, 0.3) is 0 Å². The zero-order chi connectivity index (χ0) is 13.1. The number of carbonyl (C=O) groups excluding carboxylic acids is 1. The zero-order valence-corrected chi connectivity index (χ0v) is 9.33. The maximum absolute atomic E-state index is 12.1. The summed E-state index contributed by atoms with van der Waals surface area (Å²) < 4.78 is 0. The summed E-state index contributed by atoms with van der Waals surface area (Å²) in [7, 11) is 0. The predicted molar refractivity (Wildman–Crippen MR) is 64.9 cm³/mol. The molecule has 0 saturated heterocycles. The van der Waals surface area contributed by atoms with Gasteiger partial charge >= 0.3 is 5.97 Å². The molecule has 2 aromatic rings. The van der Waals surface area contributed by atoms with Gasteiger partial charge in [-0.1, -0.05) is 24.3 Å². The van der Waals surface area contributed by atoms with Crippen molar-refractivity contribution in [1.82, 2.24) is 0 Å². The number of benzene rings is 2. The smallest absolute Gasteiger partial charge is 0.335 e. The molecule has 0 amide bonds. The molecule has 18 heavy (non-hydrogen) atoms. The van der Waals surface area contributed by atoms with E-state index in [1.54, 1.807) is 18.2 Å². The molecule has 0 atom stereocenters. The van der Waals surface area contributed by atoms with E-state index in [9.17, 15) is 14.7 Å². The minimum absolute atomic E-state index is 0.00441. The van der Waals surface area contributed by atoms with Gasteiger partial charge in [0, 0.05) is 11.1 Å². The Labute approximate surface area is 103 Å². The SMILES string of the molecule is O=C(O)c1cccc(C(=O)c2cccc(O)c2)c1. The number of carboxylic acids is 1. The standard InChI is InChI=1S/C14H10O4/c15-12-6-2-4-10(8-12)13(16)9-3-1-5-11(7-9)14(17)18/h1-8,15H,(H,17,18). The van der Waals surface area contributed by atoms with Gasteiger partial charge in [0.15, 0.2) is 5.78 Å². The zero-order valence-electron chi connectivity index (χ0n) is 9.33. The summed E-state index contributed by atoms with van der Waals surface area (Å²) in [5, 5.41) is 18.2. The molecule has 0 radical (unpaired) electrons. The average Bonchev–Trinajstić information content (AvgIpc) is 2.38. The van der Waals surface area contributed by atoms with Crippen molar-refractivity contribution in [3.63, 3.8) is 0 Å². The lowest BCUT2D eigenvalue weighted by Gasteiger charge is -2.03. The largest absolute Gasteiger partial charge is 0.508 e. The number of aromatic carboxylic acids is 1. The highest BCUT2D eigenvalue weighted by Gasteiger charge is 2.11. The third-order valence-electron chi connectivity index (χ3n) is 2.48. The summed E-state index contributed by atoms with van der Waals surface area (Å²) in [4.78, 5) is 22.9. The van der Waals surface area contributed by atoms with Crippen LogP contribution in [0.4, 0.5) is 0 Å². The lowest BCUT2D eigenvalue weighted by Crippen LogP contribution is -2.04. The van der Waals surface area contributed by atoms with Crippen LogP contribution in [0.15, 0.2) is 48.5 Å². The lowest BCUT2D eigenvalue weighted by molar-refractivity contribution is 0.0697. The van der Waals surface area contributed by atoms with Crippen molar-refractivity contribution < 1.29 is 19.8 Å². The van der Waals surface area contributed by atoms with E-state index in [1.807, 2.05) is 0 Å². The molecule has 2 N–H and O–H groups in total. The average molecular weight is 242 g/mol. The van der Waals surface area contributed by atoms with Crippen LogP contribution in [0.1, 0.15) is 26.3 Å². The highest BCUT2D eigenvalue weighted by molar-refractivity contribution is 6.10. The second-order valence-electron chi connectivity index (χ2n) is 3.77. The van der Waals surface area contributed by atoms with Gasteiger partial charge in [0.1, 0.15) is 5.75 Å². The summed E-state index contributed by atoms with van der Waals surface area (Å²) in [6, 6.07) is 11.7. The second-order valence-corrected chi connectivity index (χ2v) is 3.77. The molecule has 0 unspecified atom stereocenters. The van der Waals surface area contributed by atoms with Crippen LogP contribution in [0.5, 0.6) is 5.75 Å². The number of ketones is 1. The van der Waals surface area contributed by atoms with E-state index in [4.69, 9.17) is 5.11 Å². The molecule has 4 nitrogen and oxygen atoms in total. The van der Waals surface area contributed by atoms with Gasteiger partial charge in [-0.05, 0) is 24.3 Å². The van der Waals surface area contributed by atoms with Gasteiger partial charge in [-0.25, -0.2) is 4.79 Å². The number of rotatable bonds is 3. The molecule has 0 fully saturated rings. The summed E-state index contributed by atoms with van der Waals surface area (Å²) in [5.41, 5.74) is 0.652. The van der Waals surface area contributed by atoms with E-state index in [2.05, 4.69) is 0 Å². The lowest BCUT2D eigenvalue weighted by atomic mass is 10.0. The van der Waals surface area contributed by atoms with Crippen molar-refractivity contribution in [2.24, 2.45) is 0 Å². The summed E-state index contributed by atoms with van der Waals surface area (Å²) in [6.45, 7) is 0. The molecule has 2 rings (SSSR count). The first kappa shape index (κ1) is 11.9. The van der Waals surface area contributed by atoms with E-state index in [1.165, 1.54) is 30.3 Å². The molecule has 0 heterocycles. The minimum Gasteiger partial charge on any atom is -0.508 e. The van der Waals surface area contributed by atoms with Crippen LogP contribution < -0.4 is 0 Å². The van der Waals surface area contributed by atoms with Crippen molar-refractivity contribution >= 4 is 11.8 Å². The summed E-state index contributed by atoms with van der Waals surface area (Å²) in [6.07, 6.45) is 0. The Morgan fingerprint density at radius 3 is 2.00 bits per heavy atom. The number of carbonyl (C=O) groups is 2. The fourth-order valence-electron chi connectivity index (χ4n) is 1.61. The molecule has 2 aromatic carbocycles. The van der Waals surface area contributed by atoms with Crippen molar-refractivity contribution in [3.05, 3.63) is 65.2 Å². The Bertz CT molecular complexity index is 617. The van der Waals surface area contributed by atoms with Gasteiger partial charge in [0.2, 0.25) is 0 Å². The molecule has 0 saturated carbocycles. The van der Waals surface area contributed by atoms with E-state index in [0.29, 0.717) is 5.56 Å². The van der Waals surface area contributed by atoms with Crippen LogP contribution in [-0.4, -0.2) is 22.0 Å². The van der Waals surface area contributed by atoms with Crippen LogP contribution in [0.3, 0.4) is 0 Å². The fraction of sp³-hybridized carbons (Fsp3) is 0. The monoisotopic (exact) mass is 242 g/mol. The summed E-state index contributed by atoms with van der Waals surface area (Å²) >= 11 is 0. The minimum atomic E-state index is -1.08. The fourth-order valence-corrected chi connectivity index (χ4v) is 1.61. The molecule has 0 aliphatic heterocycles. The predicted octanol–water partition coefficient (Wildman–Crippen LogP) is 2.32. The number of carboxylic acid groups (broad SMARTS) is 1. The first-order valence-electron chi connectivity index (χ1n) is 5.25. The van der Waals surface area contributed by atoms with E-state index in [0.717, 1.165) is 0 Å². The maximum Gasteiger partial charge on any atom is 0.335 e. The highest BCUT2D eigenvalue weighted by Crippen LogP contribution is 2.16. The Kier molecular flexibility index (Phi) is 3.10. The molecule has 90 valence electrons. The number of aromatic hydroxyl groups is 1. The molecule has 0 bridgehead atoms. The Hall–Kier alpha value is -2.62. The molecular weight excluding hydrogens is 232 g/mol. The molecular formula is C14H10O4. The van der Waals surface area contributed by atoms with Gasteiger partial charge in [-0.3, -0.25) is 4.79 Å². The van der Waals surface area contributed by atoms with Crippen molar-refractivity contribution in [1.29, 1.82) is 0 Å². The Balaban J connectivity index is 2.40. The Morgan fingerprint density at radius 1 is 0.833 bits per heavy atom. The Morgan fingerprint density at radius 2 is 1.39 bits per heavy atom. The molecule has 0 aromatic heterocycles. The quantitative estimate of drug-likeness (QED) is 0.810. The highest BCUT2D eigenvalue weighted by atomic mass is 16.4. The van der Waals surface area contributed by atoms with Crippen LogP contribution in [0.25, 0.3) is 0 Å². The number of hydrogen-bond acceptors (Lipinski definition) is 3. The van der Waals surface area contributed by atoms with Crippen LogP contribution >= 0.6 is 0 Å². The van der Waals surface area contributed by atoms with Gasteiger partial charge in [-0.2, -0.15) is 0 Å². The van der Waals surface area contributed by atoms with Crippen LogP contribution in [0, 0.1) is 0 Å². The van der Waals surface area contributed by atoms with Gasteiger partial charge in [0.05, 0.1) is 5.56 Å². The van der Waals surface area contributed by atoms with E-state index < -0.39 is 5.97 Å². The number of phenols is 1. The van der Waals surface area contributed by atoms with Crippen molar-refractivity contribution in [2.45, 2.75) is 0 Å². The van der Waals surface area contributed by atoms with Crippen molar-refractivity contribution in [3.8, 4) is 5.75 Å². The third-order valence-corrected chi connectivity index (χ3v) is 2.48. The van der Waals surface area contributed by atoms with Crippen LogP contribution in [-0.2, 0) is 0 Å². The van der Waals surface area contributed by atoms with Crippen molar-refractivity contribution in [2.75, 3.05) is 0 Å². The molecule has 0 spiro atoms. The first-order chi connectivity index (χ1) is 8.58. The first-order valence-corrected chi connectivity index (χ1v) is 5.25. The molecule has 0 aliphatic carbocycles. The molecule has 4 heteroatoms. The van der Waals surface area contributed by atoms with Gasteiger partial charge in [-0.15, -0.1) is 0 Å². The maximum atomic E-state index is 12.1. The van der Waals surface area contributed by atoms with Gasteiger partial charge < -0.3 is 10.2 Å². The normalized spacial score (nSPS) is 10.0. The molecule has 0 aliphatic rings. The third kappa shape index (κ3) is 2.38. The number of phenolic OH excluding ortho intramolecular Hbond substituents is 1. The second kappa shape index (κ2) is 4.71. The van der Waals surface area contributed by atoms with E-state index >= 15 is 0 Å².